The summed E-state index contributed by atoms with van der Waals surface area (Å²) in [7, 11) is 1.51. The van der Waals surface area contributed by atoms with Gasteiger partial charge in [0, 0.05) is 39.8 Å². The van der Waals surface area contributed by atoms with Gasteiger partial charge in [-0.25, -0.2) is 4.79 Å². The van der Waals surface area contributed by atoms with Crippen molar-refractivity contribution in [2.24, 2.45) is 0 Å². The molecule has 1 aromatic carbocycles. The summed E-state index contributed by atoms with van der Waals surface area (Å²) in [6.45, 7) is 3.63. The Kier molecular flexibility index (Phi) is 8.04. The van der Waals surface area contributed by atoms with Crippen molar-refractivity contribution in [3.63, 3.8) is 0 Å². The number of para-hydroxylation sites is 1. The van der Waals surface area contributed by atoms with Gasteiger partial charge in [0.1, 0.15) is 12.4 Å². The van der Waals surface area contributed by atoms with E-state index in [9.17, 15) is 9.59 Å². The lowest BCUT2D eigenvalue weighted by Gasteiger charge is -2.22. The van der Waals surface area contributed by atoms with Gasteiger partial charge in [-0.1, -0.05) is 18.2 Å². The molecule has 25 heavy (non-hydrogen) atoms. The van der Waals surface area contributed by atoms with Crippen LogP contribution in [-0.4, -0.2) is 74.8 Å². The minimum Gasteiger partial charge on any atom is -0.494 e. The van der Waals surface area contributed by atoms with Gasteiger partial charge in [0.25, 0.3) is 0 Å². The number of hydrogen-bond donors (Lipinski definition) is 1. The number of nitrogens with zero attached hydrogens (tertiary/aromatic N) is 2. The van der Waals surface area contributed by atoms with Crippen LogP contribution in [0, 0.1) is 0 Å². The van der Waals surface area contributed by atoms with Gasteiger partial charge in [0.05, 0.1) is 6.61 Å². The summed E-state index contributed by atoms with van der Waals surface area (Å²) in [4.78, 5) is 27.6. The average Bonchev–Trinajstić information content (AvgIpc) is 2.89. The molecule has 0 bridgehead atoms. The first-order valence-electron chi connectivity index (χ1n) is 8.68. The molecule has 0 saturated carbocycles. The van der Waals surface area contributed by atoms with Crippen molar-refractivity contribution in [2.45, 2.75) is 12.8 Å². The van der Waals surface area contributed by atoms with Gasteiger partial charge in [-0.15, -0.1) is 0 Å². The van der Waals surface area contributed by atoms with Gasteiger partial charge < -0.3 is 24.6 Å². The molecule has 1 heterocycles. The van der Waals surface area contributed by atoms with Gasteiger partial charge in [-0.05, 0) is 25.0 Å². The van der Waals surface area contributed by atoms with Crippen molar-refractivity contribution in [1.82, 2.24) is 15.1 Å². The summed E-state index contributed by atoms with van der Waals surface area (Å²) in [6, 6.07) is 9.53. The van der Waals surface area contributed by atoms with E-state index in [1.807, 2.05) is 30.3 Å². The summed E-state index contributed by atoms with van der Waals surface area (Å²) in [6.07, 6.45) is 1.52. The Balaban J connectivity index is 1.63. The molecule has 1 saturated heterocycles. The predicted octanol–water partition coefficient (Wildman–Crippen LogP) is 1.35. The van der Waals surface area contributed by atoms with Gasteiger partial charge in [0.15, 0.2) is 0 Å². The molecule has 138 valence electrons. The Bertz CT molecular complexity index is 538. The van der Waals surface area contributed by atoms with E-state index in [0.29, 0.717) is 39.3 Å². The molecule has 2 rings (SSSR count). The van der Waals surface area contributed by atoms with Crippen molar-refractivity contribution in [3.05, 3.63) is 30.3 Å². The molecule has 1 N–H and O–H groups in total. The molecule has 0 aromatic heterocycles. The maximum absolute atomic E-state index is 12.2. The SMILES string of the molecule is COCC(=O)N1CCCN(C(=O)NCCCOc2ccccc2)CC1. The average molecular weight is 349 g/mol. The van der Waals surface area contributed by atoms with Crippen LogP contribution in [0.3, 0.4) is 0 Å². The maximum atomic E-state index is 12.2. The predicted molar refractivity (Wildman–Crippen MR) is 94.6 cm³/mol. The summed E-state index contributed by atoms with van der Waals surface area (Å²) < 4.78 is 10.5. The number of nitrogens with one attached hydrogen (secondary N) is 1. The van der Waals surface area contributed by atoms with Crippen LogP contribution < -0.4 is 10.1 Å². The third kappa shape index (κ3) is 6.62. The molecule has 0 aliphatic carbocycles. The van der Waals surface area contributed by atoms with E-state index in [4.69, 9.17) is 9.47 Å². The summed E-state index contributed by atoms with van der Waals surface area (Å²) in [5.74, 6) is 0.810. The van der Waals surface area contributed by atoms with Gasteiger partial charge >= 0.3 is 6.03 Å². The van der Waals surface area contributed by atoms with Crippen LogP contribution in [0.5, 0.6) is 5.75 Å². The fourth-order valence-corrected chi connectivity index (χ4v) is 2.67. The Labute approximate surface area is 148 Å². The molecule has 0 atom stereocenters. The van der Waals surface area contributed by atoms with Crippen molar-refractivity contribution in [2.75, 3.05) is 53.0 Å². The highest BCUT2D eigenvalue weighted by Gasteiger charge is 2.21. The van der Waals surface area contributed by atoms with Gasteiger partial charge in [0.2, 0.25) is 5.91 Å². The number of hydrogen-bond acceptors (Lipinski definition) is 4. The zero-order valence-corrected chi connectivity index (χ0v) is 14.8. The number of carbonyl (C=O) groups excluding carboxylic acids is 2. The van der Waals surface area contributed by atoms with Crippen LogP contribution in [0.4, 0.5) is 4.79 Å². The highest BCUT2D eigenvalue weighted by atomic mass is 16.5. The Morgan fingerprint density at radius 3 is 2.56 bits per heavy atom. The second kappa shape index (κ2) is 10.6. The van der Waals surface area contributed by atoms with Crippen molar-refractivity contribution >= 4 is 11.9 Å². The van der Waals surface area contributed by atoms with Gasteiger partial charge in [-0.3, -0.25) is 4.79 Å². The molecular weight excluding hydrogens is 322 g/mol. The van der Waals surface area contributed by atoms with Crippen LogP contribution in [0.1, 0.15) is 12.8 Å². The molecule has 0 unspecified atom stereocenters. The molecule has 7 heteroatoms. The molecule has 7 nitrogen and oxygen atoms in total. The number of benzene rings is 1. The molecular formula is C18H27N3O4. The lowest BCUT2D eigenvalue weighted by molar-refractivity contribution is -0.135. The van der Waals surface area contributed by atoms with Crippen LogP contribution in [0.15, 0.2) is 30.3 Å². The van der Waals surface area contributed by atoms with Crippen LogP contribution >= 0.6 is 0 Å². The Morgan fingerprint density at radius 2 is 1.80 bits per heavy atom. The lowest BCUT2D eigenvalue weighted by atomic mass is 10.3. The van der Waals surface area contributed by atoms with E-state index in [0.717, 1.165) is 18.6 Å². The summed E-state index contributed by atoms with van der Waals surface area (Å²) in [5, 5.41) is 2.91. The molecule has 1 aliphatic heterocycles. The number of rotatable bonds is 7. The second-order valence-corrected chi connectivity index (χ2v) is 5.90. The van der Waals surface area contributed by atoms with E-state index in [-0.39, 0.29) is 18.5 Å². The lowest BCUT2D eigenvalue weighted by Crippen LogP contribution is -2.43. The van der Waals surface area contributed by atoms with E-state index >= 15 is 0 Å². The first kappa shape index (κ1) is 19.1. The zero-order chi connectivity index (χ0) is 17.9. The topological polar surface area (TPSA) is 71.1 Å². The fraction of sp³-hybridized carbons (Fsp3) is 0.556. The first-order valence-corrected chi connectivity index (χ1v) is 8.68. The first-order chi connectivity index (χ1) is 12.2. The van der Waals surface area contributed by atoms with Crippen molar-refractivity contribution < 1.29 is 19.1 Å². The van der Waals surface area contributed by atoms with E-state index < -0.39 is 0 Å². The molecule has 0 spiro atoms. The number of ether oxygens (including phenoxy) is 2. The minimum atomic E-state index is -0.0826. The molecule has 1 aromatic rings. The third-order valence-electron chi connectivity index (χ3n) is 4.01. The normalized spacial score (nSPS) is 14.8. The molecule has 3 amide bonds. The quantitative estimate of drug-likeness (QED) is 0.754. The zero-order valence-electron chi connectivity index (χ0n) is 14.8. The highest BCUT2D eigenvalue weighted by Crippen LogP contribution is 2.08. The Hall–Kier alpha value is -2.28. The molecule has 0 radical (unpaired) electrons. The monoisotopic (exact) mass is 349 g/mol. The Morgan fingerprint density at radius 1 is 1.08 bits per heavy atom. The smallest absolute Gasteiger partial charge is 0.317 e. The summed E-state index contributed by atoms with van der Waals surface area (Å²) >= 11 is 0. The number of methoxy groups -OCH3 is 1. The number of urea groups is 1. The molecule has 1 fully saturated rings. The van der Waals surface area contributed by atoms with E-state index in [2.05, 4.69) is 5.32 Å². The van der Waals surface area contributed by atoms with Crippen LogP contribution in [-0.2, 0) is 9.53 Å². The van der Waals surface area contributed by atoms with Gasteiger partial charge in [-0.2, -0.15) is 0 Å². The summed E-state index contributed by atoms with van der Waals surface area (Å²) in [5.41, 5.74) is 0. The van der Waals surface area contributed by atoms with E-state index in [1.165, 1.54) is 7.11 Å². The number of carbonyl (C=O) groups is 2. The highest BCUT2D eigenvalue weighted by molar-refractivity contribution is 5.78. The number of amides is 3. The van der Waals surface area contributed by atoms with Crippen LogP contribution in [0.25, 0.3) is 0 Å². The largest absolute Gasteiger partial charge is 0.494 e. The van der Waals surface area contributed by atoms with E-state index in [1.54, 1.807) is 9.80 Å². The molecule has 1 aliphatic rings. The van der Waals surface area contributed by atoms with Crippen molar-refractivity contribution in [3.8, 4) is 5.75 Å². The van der Waals surface area contributed by atoms with Crippen molar-refractivity contribution in [1.29, 1.82) is 0 Å². The standard InChI is InChI=1S/C18H27N3O4/c1-24-15-17(22)20-10-6-11-21(13-12-20)18(23)19-9-5-14-25-16-7-3-2-4-8-16/h2-4,7-8H,5-6,9-15H2,1H3,(H,19,23). The fourth-order valence-electron chi connectivity index (χ4n) is 2.67. The second-order valence-electron chi connectivity index (χ2n) is 5.90. The third-order valence-corrected chi connectivity index (χ3v) is 4.01. The van der Waals surface area contributed by atoms with Crippen LogP contribution in [0.2, 0.25) is 0 Å². The maximum Gasteiger partial charge on any atom is 0.317 e. The minimum absolute atomic E-state index is 0.0252.